The second-order valence-corrected chi connectivity index (χ2v) is 7.24. The summed E-state index contributed by atoms with van der Waals surface area (Å²) in [6.45, 7) is 0.746. The Morgan fingerprint density at radius 1 is 1.35 bits per heavy atom. The van der Waals surface area contributed by atoms with Gasteiger partial charge in [-0.05, 0) is 49.8 Å². The van der Waals surface area contributed by atoms with Crippen LogP contribution in [0.5, 0.6) is 0 Å². The third kappa shape index (κ3) is 4.01. The minimum absolute atomic E-state index is 0.0737. The van der Waals surface area contributed by atoms with Crippen LogP contribution >= 0.6 is 0 Å². The molecule has 5 nitrogen and oxygen atoms in total. The first-order valence-electron chi connectivity index (χ1n) is 7.13. The maximum Gasteiger partial charge on any atom is 0.214 e. The molecule has 0 aliphatic carbocycles. The van der Waals surface area contributed by atoms with Crippen molar-refractivity contribution in [1.29, 1.82) is 0 Å². The van der Waals surface area contributed by atoms with Crippen LogP contribution in [-0.2, 0) is 16.4 Å². The third-order valence-corrected chi connectivity index (χ3v) is 5.69. The molecule has 2 rings (SSSR count). The van der Waals surface area contributed by atoms with Gasteiger partial charge in [-0.1, -0.05) is 0 Å². The molecule has 1 saturated heterocycles. The fourth-order valence-corrected chi connectivity index (χ4v) is 4.50. The van der Waals surface area contributed by atoms with Crippen molar-refractivity contribution in [2.24, 2.45) is 0 Å². The Kier molecular flexibility index (Phi) is 5.51. The van der Waals surface area contributed by atoms with Crippen molar-refractivity contribution in [1.82, 2.24) is 9.29 Å². The number of sulfonamides is 1. The van der Waals surface area contributed by atoms with E-state index in [-0.39, 0.29) is 18.4 Å². The zero-order valence-electron chi connectivity index (χ0n) is 11.6. The lowest BCUT2D eigenvalue weighted by molar-refractivity contribution is 0.264. The molecule has 1 atom stereocenters. The van der Waals surface area contributed by atoms with E-state index >= 15 is 0 Å². The van der Waals surface area contributed by atoms with Gasteiger partial charge in [0.1, 0.15) is 0 Å². The minimum atomic E-state index is -3.21. The third-order valence-electron chi connectivity index (χ3n) is 3.77. The molecule has 1 aliphatic heterocycles. The van der Waals surface area contributed by atoms with Gasteiger partial charge in [-0.2, -0.15) is 4.31 Å². The Morgan fingerprint density at radius 3 is 2.80 bits per heavy atom. The number of aryl methyl sites for hydroxylation is 1. The van der Waals surface area contributed by atoms with Crippen LogP contribution in [0.4, 0.5) is 0 Å². The molecule has 1 aliphatic rings. The van der Waals surface area contributed by atoms with E-state index in [0.717, 1.165) is 24.8 Å². The summed E-state index contributed by atoms with van der Waals surface area (Å²) in [5.74, 6) is 0.145. The van der Waals surface area contributed by atoms with Crippen LogP contribution < -0.4 is 0 Å². The number of aliphatic hydroxyl groups is 1. The predicted molar refractivity (Wildman–Crippen MR) is 77.8 cm³/mol. The molecule has 1 unspecified atom stereocenters. The molecule has 0 aromatic carbocycles. The van der Waals surface area contributed by atoms with Gasteiger partial charge in [0.05, 0.1) is 5.75 Å². The van der Waals surface area contributed by atoms with E-state index in [1.807, 2.05) is 12.1 Å². The van der Waals surface area contributed by atoms with E-state index < -0.39 is 10.0 Å². The zero-order valence-corrected chi connectivity index (χ0v) is 12.4. The Hall–Kier alpha value is -0.980. The molecule has 1 aromatic rings. The first-order chi connectivity index (χ1) is 9.63. The molecule has 1 N–H and O–H groups in total. The van der Waals surface area contributed by atoms with E-state index in [9.17, 15) is 8.42 Å². The first kappa shape index (κ1) is 15.4. The summed E-state index contributed by atoms with van der Waals surface area (Å²) in [6.07, 6.45) is 7.14. The molecule has 20 heavy (non-hydrogen) atoms. The Bertz CT molecular complexity index is 504. The van der Waals surface area contributed by atoms with E-state index in [1.54, 1.807) is 16.7 Å². The molecular formula is C14H22N2O3S. The van der Waals surface area contributed by atoms with Gasteiger partial charge in [-0.15, -0.1) is 0 Å². The molecule has 6 heteroatoms. The number of hydrogen-bond donors (Lipinski definition) is 1. The van der Waals surface area contributed by atoms with Crippen molar-refractivity contribution >= 4 is 10.0 Å². The lowest BCUT2D eigenvalue weighted by Crippen LogP contribution is -2.37. The number of nitrogens with zero attached hydrogens (tertiary/aromatic N) is 2. The van der Waals surface area contributed by atoms with E-state index in [1.165, 1.54) is 0 Å². The lowest BCUT2D eigenvalue weighted by Gasteiger charge is -2.23. The van der Waals surface area contributed by atoms with Crippen LogP contribution in [0.15, 0.2) is 24.5 Å². The average molecular weight is 298 g/mol. The number of rotatable bonds is 7. The van der Waals surface area contributed by atoms with Crippen molar-refractivity contribution in [2.75, 3.05) is 18.9 Å². The highest BCUT2D eigenvalue weighted by molar-refractivity contribution is 7.89. The standard InChI is InChI=1S/C14H22N2O3S/c17-11-2-4-14-3-1-10-16(14)20(18,19)12-7-13-5-8-15-9-6-13/h5-6,8-9,14,17H,1-4,7,10-12H2. The number of aromatic nitrogens is 1. The van der Waals surface area contributed by atoms with Crippen LogP contribution in [0.2, 0.25) is 0 Å². The summed E-state index contributed by atoms with van der Waals surface area (Å²) in [6, 6.07) is 3.77. The lowest BCUT2D eigenvalue weighted by atomic mass is 10.1. The smallest absolute Gasteiger partial charge is 0.214 e. The van der Waals surface area contributed by atoms with Gasteiger partial charge in [-0.25, -0.2) is 8.42 Å². The highest BCUT2D eigenvalue weighted by atomic mass is 32.2. The predicted octanol–water partition coefficient (Wildman–Crippen LogP) is 1.19. The SMILES string of the molecule is O=S(=O)(CCc1ccncc1)N1CCCC1CCCO. The first-order valence-corrected chi connectivity index (χ1v) is 8.73. The fraction of sp³-hybridized carbons (Fsp3) is 0.643. The molecule has 1 aromatic heterocycles. The molecular weight excluding hydrogens is 276 g/mol. The number of aliphatic hydroxyl groups excluding tert-OH is 1. The minimum Gasteiger partial charge on any atom is -0.396 e. The summed E-state index contributed by atoms with van der Waals surface area (Å²) >= 11 is 0. The van der Waals surface area contributed by atoms with Crippen molar-refractivity contribution < 1.29 is 13.5 Å². The summed E-state index contributed by atoms with van der Waals surface area (Å²) < 4.78 is 26.5. The molecule has 1 fully saturated rings. The van der Waals surface area contributed by atoms with Crippen molar-refractivity contribution in [3.8, 4) is 0 Å². The van der Waals surface area contributed by atoms with Crippen LogP contribution in [0.25, 0.3) is 0 Å². The van der Waals surface area contributed by atoms with Gasteiger partial charge in [0.15, 0.2) is 0 Å². The molecule has 0 bridgehead atoms. The van der Waals surface area contributed by atoms with E-state index in [4.69, 9.17) is 5.11 Å². The van der Waals surface area contributed by atoms with Crippen molar-refractivity contribution in [3.05, 3.63) is 30.1 Å². The quantitative estimate of drug-likeness (QED) is 0.821. The molecule has 112 valence electrons. The normalized spacial score (nSPS) is 20.4. The zero-order chi connectivity index (χ0) is 14.4. The van der Waals surface area contributed by atoms with Crippen LogP contribution in [0, 0.1) is 0 Å². The highest BCUT2D eigenvalue weighted by Gasteiger charge is 2.33. The largest absolute Gasteiger partial charge is 0.396 e. The summed E-state index contributed by atoms with van der Waals surface area (Å²) in [5, 5.41) is 8.89. The topological polar surface area (TPSA) is 70.5 Å². The molecule has 0 amide bonds. The van der Waals surface area contributed by atoms with Gasteiger partial charge in [0.2, 0.25) is 10.0 Å². The molecule has 0 radical (unpaired) electrons. The number of pyridine rings is 1. The Morgan fingerprint density at radius 2 is 2.10 bits per heavy atom. The van der Waals surface area contributed by atoms with Gasteiger partial charge in [0, 0.05) is 31.6 Å². The monoisotopic (exact) mass is 298 g/mol. The van der Waals surface area contributed by atoms with Gasteiger partial charge in [-0.3, -0.25) is 4.98 Å². The second-order valence-electron chi connectivity index (χ2n) is 5.19. The highest BCUT2D eigenvalue weighted by Crippen LogP contribution is 2.25. The number of hydrogen-bond acceptors (Lipinski definition) is 4. The molecule has 0 saturated carbocycles. The van der Waals surface area contributed by atoms with Crippen molar-refractivity contribution in [3.63, 3.8) is 0 Å². The van der Waals surface area contributed by atoms with Crippen LogP contribution in [0.3, 0.4) is 0 Å². The van der Waals surface area contributed by atoms with Crippen molar-refractivity contribution in [2.45, 2.75) is 38.1 Å². The van der Waals surface area contributed by atoms with E-state index in [0.29, 0.717) is 19.4 Å². The second kappa shape index (κ2) is 7.15. The molecule has 2 heterocycles. The summed E-state index contributed by atoms with van der Waals surface area (Å²) in [4.78, 5) is 3.93. The Balaban J connectivity index is 1.95. The maximum absolute atomic E-state index is 12.4. The van der Waals surface area contributed by atoms with E-state index in [2.05, 4.69) is 4.98 Å². The van der Waals surface area contributed by atoms with Gasteiger partial charge in [0.25, 0.3) is 0 Å². The van der Waals surface area contributed by atoms with Gasteiger partial charge >= 0.3 is 0 Å². The summed E-state index contributed by atoms with van der Waals surface area (Å²) in [5.41, 5.74) is 0.995. The van der Waals surface area contributed by atoms with Crippen LogP contribution in [0.1, 0.15) is 31.2 Å². The summed E-state index contributed by atoms with van der Waals surface area (Å²) in [7, 11) is -3.21. The van der Waals surface area contributed by atoms with Gasteiger partial charge < -0.3 is 5.11 Å². The average Bonchev–Trinajstić information content (AvgIpc) is 2.93. The fourth-order valence-electron chi connectivity index (χ4n) is 2.70. The molecule has 0 spiro atoms. The van der Waals surface area contributed by atoms with Crippen LogP contribution in [-0.4, -0.2) is 47.8 Å². The maximum atomic E-state index is 12.4. The Labute approximate surface area is 120 Å².